The lowest BCUT2D eigenvalue weighted by Gasteiger charge is -2.24. The van der Waals surface area contributed by atoms with E-state index >= 15 is 0 Å². The molecular weight excluding hydrogens is 478 g/mol. The molecule has 0 fully saturated rings. The van der Waals surface area contributed by atoms with E-state index in [1.807, 2.05) is 51.1 Å². The van der Waals surface area contributed by atoms with E-state index in [4.69, 9.17) is 14.7 Å². The highest BCUT2D eigenvalue weighted by molar-refractivity contribution is 5.94. The molecule has 10 nitrogen and oxygen atoms in total. The molecule has 2 atom stereocenters. The molecule has 0 bridgehead atoms. The number of benzene rings is 1. The van der Waals surface area contributed by atoms with Crippen LogP contribution in [-0.2, 0) is 28.6 Å². The number of hydrogen-bond acceptors (Lipinski definition) is 8. The fourth-order valence-electron chi connectivity index (χ4n) is 2.58. The molecule has 1 rings (SSSR count). The van der Waals surface area contributed by atoms with Crippen molar-refractivity contribution in [3.05, 3.63) is 43.0 Å². The smallest absolute Gasteiger partial charge is 0.407 e. The number of ether oxygens (including phenoxy) is 3. The molecule has 37 heavy (non-hydrogen) atoms. The Morgan fingerprint density at radius 1 is 1.00 bits per heavy atom. The van der Waals surface area contributed by atoms with Gasteiger partial charge in [0.25, 0.3) is 0 Å². The van der Waals surface area contributed by atoms with Crippen LogP contribution in [0.2, 0.25) is 0 Å². The summed E-state index contributed by atoms with van der Waals surface area (Å²) < 4.78 is 14.3. The highest BCUT2D eigenvalue weighted by Crippen LogP contribution is 2.18. The number of alkyl carbamates (subject to hydrolysis) is 1. The number of rotatable bonds is 14. The number of nitriles is 1. The maximum Gasteiger partial charge on any atom is 0.407 e. The molecule has 0 radical (unpaired) electrons. The fourth-order valence-corrected chi connectivity index (χ4v) is 2.58. The minimum atomic E-state index is -0.667. The van der Waals surface area contributed by atoms with E-state index in [2.05, 4.69) is 22.7 Å². The first-order chi connectivity index (χ1) is 17.7. The SMILES string of the molecule is C=CC(=O)OCCNC(=O)OCCOC(=O)C(C)CC.CCC(C)C(=O)N(CCC#N)c1ccccc1. The van der Waals surface area contributed by atoms with Crippen LogP contribution in [0.4, 0.5) is 10.5 Å². The summed E-state index contributed by atoms with van der Waals surface area (Å²) in [5, 5.41) is 11.0. The summed E-state index contributed by atoms with van der Waals surface area (Å²) in [7, 11) is 0. The van der Waals surface area contributed by atoms with Gasteiger partial charge in [0, 0.05) is 24.2 Å². The Morgan fingerprint density at radius 3 is 2.19 bits per heavy atom. The average Bonchev–Trinajstić information content (AvgIpc) is 2.93. The third-order valence-corrected chi connectivity index (χ3v) is 5.17. The zero-order chi connectivity index (χ0) is 28.1. The number of anilines is 1. The molecular formula is C27H39N3O7. The zero-order valence-electron chi connectivity index (χ0n) is 22.2. The number of nitrogens with zero attached hydrogens (tertiary/aromatic N) is 2. The summed E-state index contributed by atoms with van der Waals surface area (Å²) >= 11 is 0. The Balaban J connectivity index is 0.000000708. The Kier molecular flexibility index (Phi) is 18.2. The van der Waals surface area contributed by atoms with Crippen molar-refractivity contribution in [3.63, 3.8) is 0 Å². The third-order valence-electron chi connectivity index (χ3n) is 5.17. The molecule has 1 aromatic rings. The van der Waals surface area contributed by atoms with E-state index in [0.29, 0.717) is 19.4 Å². The Bertz CT molecular complexity index is 884. The normalized spacial score (nSPS) is 11.3. The summed E-state index contributed by atoms with van der Waals surface area (Å²) in [6.45, 7) is 11.4. The van der Waals surface area contributed by atoms with Crippen LogP contribution >= 0.6 is 0 Å². The molecule has 0 aromatic heterocycles. The Hall–Kier alpha value is -3.87. The monoisotopic (exact) mass is 517 g/mol. The summed E-state index contributed by atoms with van der Waals surface area (Å²) in [6.07, 6.45) is 2.23. The first-order valence-electron chi connectivity index (χ1n) is 12.3. The van der Waals surface area contributed by atoms with Crippen LogP contribution in [0.3, 0.4) is 0 Å². The quantitative estimate of drug-likeness (QED) is 0.169. The zero-order valence-corrected chi connectivity index (χ0v) is 22.2. The average molecular weight is 518 g/mol. The lowest BCUT2D eigenvalue weighted by molar-refractivity contribution is -0.149. The predicted octanol–water partition coefficient (Wildman–Crippen LogP) is 4.01. The second kappa shape index (κ2) is 20.3. The molecule has 0 aliphatic rings. The second-order valence-corrected chi connectivity index (χ2v) is 7.95. The van der Waals surface area contributed by atoms with Gasteiger partial charge in [-0.15, -0.1) is 0 Å². The minimum Gasteiger partial charge on any atom is -0.462 e. The van der Waals surface area contributed by atoms with Crippen molar-refractivity contribution in [1.82, 2.24) is 5.32 Å². The van der Waals surface area contributed by atoms with Crippen LogP contribution in [0.5, 0.6) is 0 Å². The Labute approximate surface area is 219 Å². The number of nitrogens with one attached hydrogen (secondary N) is 1. The first-order valence-corrected chi connectivity index (χ1v) is 12.3. The number of esters is 2. The van der Waals surface area contributed by atoms with Gasteiger partial charge in [-0.3, -0.25) is 9.59 Å². The molecule has 2 unspecified atom stereocenters. The third kappa shape index (κ3) is 15.0. The maximum absolute atomic E-state index is 12.2. The molecule has 0 heterocycles. The van der Waals surface area contributed by atoms with Gasteiger partial charge in [0.15, 0.2) is 0 Å². The lowest BCUT2D eigenvalue weighted by atomic mass is 10.1. The minimum absolute atomic E-state index is 0.00565. The van der Waals surface area contributed by atoms with E-state index in [9.17, 15) is 19.2 Å². The van der Waals surface area contributed by atoms with Crippen LogP contribution in [0, 0.1) is 23.2 Å². The molecule has 0 aliphatic heterocycles. The largest absolute Gasteiger partial charge is 0.462 e. The first kappa shape index (κ1) is 33.1. The van der Waals surface area contributed by atoms with Crippen LogP contribution in [0.1, 0.15) is 47.0 Å². The molecule has 0 aliphatic carbocycles. The van der Waals surface area contributed by atoms with Crippen molar-refractivity contribution in [1.29, 1.82) is 5.26 Å². The highest BCUT2D eigenvalue weighted by Gasteiger charge is 2.20. The van der Waals surface area contributed by atoms with Gasteiger partial charge in [0.05, 0.1) is 25.0 Å². The van der Waals surface area contributed by atoms with Crippen LogP contribution in [0.25, 0.3) is 0 Å². The number of carbonyl (C=O) groups excluding carboxylic acids is 4. The van der Waals surface area contributed by atoms with Crippen LogP contribution in [-0.4, -0.2) is 56.8 Å². The van der Waals surface area contributed by atoms with Crippen molar-refractivity contribution in [2.75, 3.05) is 37.8 Å². The van der Waals surface area contributed by atoms with Crippen molar-refractivity contribution >= 4 is 29.6 Å². The van der Waals surface area contributed by atoms with Crippen molar-refractivity contribution < 1.29 is 33.4 Å². The van der Waals surface area contributed by atoms with Gasteiger partial charge < -0.3 is 24.4 Å². The van der Waals surface area contributed by atoms with E-state index < -0.39 is 12.1 Å². The van der Waals surface area contributed by atoms with Gasteiger partial charge in [-0.05, 0) is 25.0 Å². The number of carbonyl (C=O) groups is 4. The molecule has 204 valence electrons. The number of amides is 2. The van der Waals surface area contributed by atoms with Crippen molar-refractivity contribution in [2.24, 2.45) is 11.8 Å². The molecule has 10 heteroatoms. The maximum atomic E-state index is 12.2. The van der Waals surface area contributed by atoms with Gasteiger partial charge in [-0.25, -0.2) is 9.59 Å². The topological polar surface area (TPSA) is 135 Å². The van der Waals surface area contributed by atoms with Gasteiger partial charge in [0.2, 0.25) is 5.91 Å². The summed E-state index contributed by atoms with van der Waals surface area (Å²) in [5.41, 5.74) is 0.869. The predicted molar refractivity (Wildman–Crippen MR) is 139 cm³/mol. The fraction of sp³-hybridized carbons (Fsp3) is 0.519. The van der Waals surface area contributed by atoms with Crippen LogP contribution in [0.15, 0.2) is 43.0 Å². The molecule has 2 amide bonds. The van der Waals surface area contributed by atoms with Gasteiger partial charge in [0.1, 0.15) is 19.8 Å². The molecule has 0 saturated heterocycles. The lowest BCUT2D eigenvalue weighted by Crippen LogP contribution is -2.35. The van der Waals surface area contributed by atoms with Crippen molar-refractivity contribution in [2.45, 2.75) is 47.0 Å². The second-order valence-electron chi connectivity index (χ2n) is 7.95. The summed E-state index contributed by atoms with van der Waals surface area (Å²) in [4.78, 5) is 47.0. The summed E-state index contributed by atoms with van der Waals surface area (Å²) in [6, 6.07) is 11.6. The van der Waals surface area contributed by atoms with E-state index in [1.165, 1.54) is 0 Å². The molecule has 0 saturated carbocycles. The van der Waals surface area contributed by atoms with Gasteiger partial charge in [-0.1, -0.05) is 52.5 Å². The summed E-state index contributed by atoms with van der Waals surface area (Å²) in [5.74, 6) is -0.948. The Morgan fingerprint density at radius 2 is 1.62 bits per heavy atom. The van der Waals surface area contributed by atoms with Crippen LogP contribution < -0.4 is 10.2 Å². The van der Waals surface area contributed by atoms with E-state index in [1.54, 1.807) is 11.8 Å². The van der Waals surface area contributed by atoms with Crippen molar-refractivity contribution in [3.8, 4) is 6.07 Å². The standard InChI is InChI=1S/C14H18N2O.C13H21NO6/c1-3-12(2)14(17)16(11-7-10-15)13-8-5-4-6-9-13;1-4-10(3)12(16)19-8-9-20-13(17)14-6-7-18-11(15)5-2/h4-6,8-9,12H,3,7,11H2,1-2H3;5,10H,2,4,6-9H2,1,3H3,(H,14,17). The van der Waals surface area contributed by atoms with Gasteiger partial charge >= 0.3 is 18.0 Å². The highest BCUT2D eigenvalue weighted by atomic mass is 16.6. The molecule has 1 N–H and O–H groups in total. The molecule has 0 spiro atoms. The number of hydrogen-bond donors (Lipinski definition) is 1. The van der Waals surface area contributed by atoms with E-state index in [-0.39, 0.29) is 50.1 Å². The van der Waals surface area contributed by atoms with Gasteiger partial charge in [-0.2, -0.15) is 5.26 Å². The number of para-hydroxylation sites is 1. The van der Waals surface area contributed by atoms with E-state index in [0.717, 1.165) is 18.2 Å². The molecule has 1 aromatic carbocycles.